The van der Waals surface area contributed by atoms with Crippen molar-refractivity contribution in [1.82, 2.24) is 0 Å². The summed E-state index contributed by atoms with van der Waals surface area (Å²) in [5.74, 6) is 0.293. The van der Waals surface area contributed by atoms with E-state index in [2.05, 4.69) is 48.5 Å². The number of rotatable bonds is 78. The van der Waals surface area contributed by atoms with E-state index in [9.17, 15) is 43.2 Å². The number of aliphatic hydroxyl groups excluding tert-OH is 1. The fourth-order valence-corrected chi connectivity index (χ4v) is 13.9. The van der Waals surface area contributed by atoms with Gasteiger partial charge in [-0.25, -0.2) is 9.13 Å². The van der Waals surface area contributed by atoms with Crippen LogP contribution in [0.4, 0.5) is 0 Å². The Labute approximate surface area is 607 Å². The molecule has 0 heterocycles. The third-order valence-electron chi connectivity index (χ3n) is 19.0. The zero-order valence-corrected chi connectivity index (χ0v) is 66.8. The summed E-state index contributed by atoms with van der Waals surface area (Å²) in [6.07, 6.45) is 58.1. The molecule has 0 aliphatic carbocycles. The highest BCUT2D eigenvalue weighted by molar-refractivity contribution is 7.47. The number of esters is 4. The van der Waals surface area contributed by atoms with Crippen LogP contribution in [0.15, 0.2) is 0 Å². The molecule has 6 atom stereocenters. The molecule has 19 heteroatoms. The van der Waals surface area contributed by atoms with Crippen molar-refractivity contribution in [2.45, 2.75) is 433 Å². The molecule has 3 N–H and O–H groups in total. The van der Waals surface area contributed by atoms with E-state index < -0.39 is 97.5 Å². The molecule has 0 saturated heterocycles. The Balaban J connectivity index is 5.25. The second-order valence-electron chi connectivity index (χ2n) is 30.0. The van der Waals surface area contributed by atoms with Crippen LogP contribution >= 0.6 is 15.6 Å². The maximum Gasteiger partial charge on any atom is 0.472 e. The van der Waals surface area contributed by atoms with Gasteiger partial charge in [-0.15, -0.1) is 0 Å². The average Bonchev–Trinajstić information content (AvgIpc) is 0.963. The van der Waals surface area contributed by atoms with E-state index in [-0.39, 0.29) is 25.7 Å². The molecule has 588 valence electrons. The molecule has 0 aliphatic rings. The normalized spacial score (nSPS) is 14.3. The van der Waals surface area contributed by atoms with Crippen LogP contribution in [-0.2, 0) is 65.4 Å². The van der Waals surface area contributed by atoms with Gasteiger partial charge in [0.25, 0.3) is 0 Å². The summed E-state index contributed by atoms with van der Waals surface area (Å²) in [5.41, 5.74) is 0. The lowest BCUT2D eigenvalue weighted by Gasteiger charge is -2.21. The monoisotopic (exact) mass is 1450 g/mol. The molecule has 0 saturated carbocycles. The van der Waals surface area contributed by atoms with E-state index in [1.54, 1.807) is 0 Å². The number of carbonyl (C=O) groups excluding carboxylic acids is 4. The summed E-state index contributed by atoms with van der Waals surface area (Å²) in [6.45, 7) is 12.0. The molecule has 3 unspecified atom stereocenters. The van der Waals surface area contributed by atoms with Crippen molar-refractivity contribution in [3.05, 3.63) is 0 Å². The largest absolute Gasteiger partial charge is 0.472 e. The molecular weight excluding hydrogens is 1290 g/mol. The molecule has 0 aliphatic heterocycles. The Morgan fingerprint density at radius 1 is 0.293 bits per heavy atom. The number of carbonyl (C=O) groups is 4. The first-order valence-electron chi connectivity index (χ1n) is 41.4. The number of ether oxygens (including phenoxy) is 4. The third-order valence-corrected chi connectivity index (χ3v) is 20.9. The Hall–Kier alpha value is -1.94. The average molecular weight is 1450 g/mol. The maximum absolute atomic E-state index is 13.1. The maximum atomic E-state index is 13.1. The summed E-state index contributed by atoms with van der Waals surface area (Å²) in [5, 5.41) is 10.6. The first-order valence-corrected chi connectivity index (χ1v) is 44.4. The highest BCUT2D eigenvalue weighted by Gasteiger charge is 2.30. The molecule has 0 radical (unpaired) electrons. The van der Waals surface area contributed by atoms with Gasteiger partial charge in [0.2, 0.25) is 0 Å². The Morgan fingerprint density at radius 2 is 0.515 bits per heavy atom. The molecule has 0 aromatic carbocycles. The van der Waals surface area contributed by atoms with Crippen LogP contribution in [0, 0.1) is 17.8 Å². The highest BCUT2D eigenvalue weighted by atomic mass is 31.2. The van der Waals surface area contributed by atoms with Crippen LogP contribution in [0.2, 0.25) is 0 Å². The molecule has 0 bridgehead atoms. The van der Waals surface area contributed by atoms with Gasteiger partial charge in [-0.1, -0.05) is 363 Å². The number of hydrogen-bond acceptors (Lipinski definition) is 15. The quantitative estimate of drug-likeness (QED) is 0.0222. The lowest BCUT2D eigenvalue weighted by Crippen LogP contribution is -2.30. The molecular formula is C80H156O17P2. The van der Waals surface area contributed by atoms with Crippen molar-refractivity contribution >= 4 is 39.5 Å². The van der Waals surface area contributed by atoms with Gasteiger partial charge < -0.3 is 33.8 Å². The zero-order valence-electron chi connectivity index (χ0n) is 65.0. The molecule has 0 aromatic rings. The van der Waals surface area contributed by atoms with E-state index in [0.717, 1.165) is 108 Å². The van der Waals surface area contributed by atoms with Crippen LogP contribution in [0.3, 0.4) is 0 Å². The van der Waals surface area contributed by atoms with Crippen LogP contribution in [0.1, 0.15) is 414 Å². The van der Waals surface area contributed by atoms with Gasteiger partial charge in [0, 0.05) is 25.7 Å². The van der Waals surface area contributed by atoms with Crippen LogP contribution < -0.4 is 0 Å². The molecule has 17 nitrogen and oxygen atoms in total. The number of hydrogen-bond donors (Lipinski definition) is 3. The second kappa shape index (κ2) is 70.4. The van der Waals surface area contributed by atoms with Crippen LogP contribution in [-0.4, -0.2) is 96.7 Å². The van der Waals surface area contributed by atoms with Gasteiger partial charge in [0.05, 0.1) is 26.4 Å². The highest BCUT2D eigenvalue weighted by Crippen LogP contribution is 2.45. The Morgan fingerprint density at radius 3 is 0.768 bits per heavy atom. The van der Waals surface area contributed by atoms with Gasteiger partial charge >= 0.3 is 39.5 Å². The Kier molecular flexibility index (Phi) is 69.0. The number of phosphoric ester groups is 2. The molecule has 99 heavy (non-hydrogen) atoms. The second-order valence-corrected chi connectivity index (χ2v) is 32.9. The number of phosphoric acid groups is 2. The van der Waals surface area contributed by atoms with Gasteiger partial charge in [0.1, 0.15) is 19.3 Å². The summed E-state index contributed by atoms with van der Waals surface area (Å²) in [6, 6.07) is 0. The van der Waals surface area contributed by atoms with Crippen molar-refractivity contribution < 1.29 is 80.2 Å². The van der Waals surface area contributed by atoms with E-state index in [4.69, 9.17) is 37.0 Å². The third kappa shape index (κ3) is 72.8. The predicted octanol–water partition coefficient (Wildman–Crippen LogP) is 23.7. The smallest absolute Gasteiger partial charge is 0.462 e. The summed E-state index contributed by atoms with van der Waals surface area (Å²) < 4.78 is 68.7. The van der Waals surface area contributed by atoms with Gasteiger partial charge in [-0.2, -0.15) is 0 Å². The lowest BCUT2D eigenvalue weighted by atomic mass is 9.99. The minimum Gasteiger partial charge on any atom is -0.462 e. The number of unbranched alkanes of at least 4 members (excludes halogenated alkanes) is 45. The van der Waals surface area contributed by atoms with Crippen molar-refractivity contribution in [3.8, 4) is 0 Å². The van der Waals surface area contributed by atoms with E-state index in [0.29, 0.717) is 25.7 Å². The topological polar surface area (TPSA) is 237 Å². The van der Waals surface area contributed by atoms with Crippen molar-refractivity contribution in [2.24, 2.45) is 17.8 Å². The van der Waals surface area contributed by atoms with Gasteiger partial charge in [-0.3, -0.25) is 37.3 Å². The van der Waals surface area contributed by atoms with E-state index >= 15 is 0 Å². The summed E-state index contributed by atoms with van der Waals surface area (Å²) in [4.78, 5) is 73.0. The molecule has 0 rings (SSSR count). The SMILES string of the molecule is CCCCCCCCCCCCC(=O)OC[C@H](COP(=O)(O)OC[C@H](O)COP(=O)(O)OC[C@@H](COC(=O)CCCCCCCCCCCCCCCCC(C)C)OC(=O)CCCCCCCCCCCCCCCCCC(C)C)OC(=O)CCCCCCCCCCCCC(C)CC. The fraction of sp³-hybridized carbons (Fsp3) is 0.950. The lowest BCUT2D eigenvalue weighted by molar-refractivity contribution is -0.161. The molecule has 0 fully saturated rings. The molecule has 0 spiro atoms. The summed E-state index contributed by atoms with van der Waals surface area (Å²) in [7, 11) is -9.92. The van der Waals surface area contributed by atoms with Gasteiger partial charge in [-0.05, 0) is 43.4 Å². The van der Waals surface area contributed by atoms with Crippen molar-refractivity contribution in [3.63, 3.8) is 0 Å². The first-order chi connectivity index (χ1) is 47.8. The standard InChI is InChI=1S/C80H156O17P2/c1-8-10-11-12-13-14-33-40-47-54-61-77(82)90-67-75(97-80(85)64-57-50-43-36-29-28-32-39-46-53-60-73(7)9-2)69-94-98(86,87)92-65-74(81)66-93-99(88,89)95-70-76(68-91-78(83)62-55-48-41-34-26-22-19-18-21-25-31-38-45-52-59-72(5)6)96-79(84)63-56-49-42-35-27-23-17-15-16-20-24-30-37-44-51-58-71(3)4/h71-76,81H,8-70H2,1-7H3,(H,86,87)(H,88,89)/t73?,74-,75+,76+/m0/s1. The molecule has 0 amide bonds. The minimum atomic E-state index is -4.96. The zero-order chi connectivity index (χ0) is 73.0. The number of aliphatic hydroxyl groups is 1. The van der Waals surface area contributed by atoms with Crippen LogP contribution in [0.25, 0.3) is 0 Å². The van der Waals surface area contributed by atoms with Crippen molar-refractivity contribution in [1.29, 1.82) is 0 Å². The molecule has 0 aromatic heterocycles. The van der Waals surface area contributed by atoms with Gasteiger partial charge in [0.15, 0.2) is 12.2 Å². The van der Waals surface area contributed by atoms with E-state index in [1.807, 2.05) is 0 Å². The predicted molar refractivity (Wildman–Crippen MR) is 405 cm³/mol. The Bertz CT molecular complexity index is 1920. The first kappa shape index (κ1) is 97.1. The van der Waals surface area contributed by atoms with E-state index in [1.165, 1.54) is 225 Å². The minimum absolute atomic E-state index is 0.106. The van der Waals surface area contributed by atoms with Crippen molar-refractivity contribution in [2.75, 3.05) is 39.6 Å². The fourth-order valence-electron chi connectivity index (χ4n) is 12.3. The summed E-state index contributed by atoms with van der Waals surface area (Å²) >= 11 is 0. The van der Waals surface area contributed by atoms with Crippen LogP contribution in [0.5, 0.6) is 0 Å².